The first-order chi connectivity index (χ1) is 13.0. The molecule has 0 bridgehead atoms. The van der Waals surface area contributed by atoms with Gasteiger partial charge in [0.25, 0.3) is 10.0 Å². The summed E-state index contributed by atoms with van der Waals surface area (Å²) in [5.74, 6) is 1.04. The van der Waals surface area contributed by atoms with Crippen LogP contribution in [-0.4, -0.2) is 26.5 Å². The Bertz CT molecular complexity index is 910. The number of anilines is 2. The van der Waals surface area contributed by atoms with Crippen molar-refractivity contribution >= 4 is 21.5 Å². The number of sulfonamides is 1. The van der Waals surface area contributed by atoms with E-state index in [1.807, 2.05) is 18.2 Å². The molecule has 1 saturated heterocycles. The highest BCUT2D eigenvalue weighted by molar-refractivity contribution is 7.92. The van der Waals surface area contributed by atoms with Crippen molar-refractivity contribution in [2.45, 2.75) is 50.3 Å². The van der Waals surface area contributed by atoms with Crippen molar-refractivity contribution in [3.05, 3.63) is 47.7 Å². The smallest absolute Gasteiger partial charge is 0.263 e. The van der Waals surface area contributed by atoms with Crippen LogP contribution < -0.4 is 9.62 Å². The number of hydrogen-bond acceptors (Lipinski definition) is 4. The zero-order valence-electron chi connectivity index (χ0n) is 15.8. The molecule has 2 aliphatic rings. The number of aryl methyl sites for hydroxylation is 2. The lowest BCUT2D eigenvalue weighted by Gasteiger charge is -2.32. The van der Waals surface area contributed by atoms with E-state index < -0.39 is 10.0 Å². The van der Waals surface area contributed by atoms with Crippen molar-refractivity contribution in [1.82, 2.24) is 4.98 Å². The molecule has 0 amide bonds. The third-order valence-corrected chi connectivity index (χ3v) is 6.99. The molecule has 27 heavy (non-hydrogen) atoms. The maximum absolute atomic E-state index is 12.8. The van der Waals surface area contributed by atoms with Gasteiger partial charge in [0.2, 0.25) is 0 Å². The van der Waals surface area contributed by atoms with E-state index in [2.05, 4.69) is 21.5 Å². The Morgan fingerprint density at radius 3 is 2.63 bits per heavy atom. The molecule has 1 aromatic heterocycles. The summed E-state index contributed by atoms with van der Waals surface area (Å²) in [6.45, 7) is 4.33. The van der Waals surface area contributed by atoms with E-state index >= 15 is 0 Å². The minimum Gasteiger partial charge on any atom is -0.370 e. The van der Waals surface area contributed by atoms with Gasteiger partial charge in [0.05, 0.1) is 16.8 Å². The number of rotatable bonds is 4. The standard InChI is InChI=1S/C21H27N3O2S/c1-16-5-4-12-24(15-16)19-9-11-21(22-14-19)23-27(25,26)20-10-8-17-6-2-3-7-18(17)13-20/h8-11,13-14,16H,2-7,12,15H2,1H3,(H,22,23). The van der Waals surface area contributed by atoms with Crippen LogP contribution in [-0.2, 0) is 22.9 Å². The fourth-order valence-electron chi connectivity index (χ4n) is 4.13. The summed E-state index contributed by atoms with van der Waals surface area (Å²) in [5.41, 5.74) is 3.49. The van der Waals surface area contributed by atoms with Crippen LogP contribution >= 0.6 is 0 Å². The Morgan fingerprint density at radius 2 is 1.89 bits per heavy atom. The molecule has 144 valence electrons. The zero-order valence-corrected chi connectivity index (χ0v) is 16.6. The number of pyridine rings is 1. The minimum atomic E-state index is -3.62. The molecule has 4 rings (SSSR count). The lowest BCUT2D eigenvalue weighted by atomic mass is 9.92. The number of nitrogens with zero attached hydrogens (tertiary/aromatic N) is 2. The molecule has 1 fully saturated rings. The Balaban J connectivity index is 1.49. The Labute approximate surface area is 161 Å². The van der Waals surface area contributed by atoms with Gasteiger partial charge in [-0.2, -0.15) is 0 Å². The summed E-state index contributed by atoms with van der Waals surface area (Å²) >= 11 is 0. The van der Waals surface area contributed by atoms with E-state index in [1.165, 1.54) is 24.8 Å². The maximum atomic E-state index is 12.8. The second kappa shape index (κ2) is 7.50. The van der Waals surface area contributed by atoms with Gasteiger partial charge < -0.3 is 4.90 Å². The lowest BCUT2D eigenvalue weighted by molar-refractivity contribution is 0.446. The maximum Gasteiger partial charge on any atom is 0.263 e. The van der Waals surface area contributed by atoms with Crippen molar-refractivity contribution in [3.8, 4) is 0 Å². The molecule has 1 atom stereocenters. The van der Waals surface area contributed by atoms with E-state index in [0.717, 1.165) is 43.6 Å². The summed E-state index contributed by atoms with van der Waals surface area (Å²) in [5, 5.41) is 0. The number of nitrogens with one attached hydrogen (secondary N) is 1. The van der Waals surface area contributed by atoms with Gasteiger partial charge in [-0.3, -0.25) is 4.72 Å². The molecule has 2 aromatic rings. The highest BCUT2D eigenvalue weighted by Gasteiger charge is 2.20. The Kier molecular flexibility index (Phi) is 5.08. The number of hydrogen-bond donors (Lipinski definition) is 1. The minimum absolute atomic E-state index is 0.318. The second-order valence-corrected chi connectivity index (χ2v) is 9.52. The second-order valence-electron chi connectivity index (χ2n) is 7.84. The molecule has 1 unspecified atom stereocenters. The molecule has 0 spiro atoms. The first-order valence-corrected chi connectivity index (χ1v) is 11.4. The first kappa shape index (κ1) is 18.3. The van der Waals surface area contributed by atoms with Gasteiger partial charge in [0.1, 0.15) is 5.82 Å². The van der Waals surface area contributed by atoms with E-state index in [9.17, 15) is 8.42 Å². The van der Waals surface area contributed by atoms with Gasteiger partial charge in [-0.1, -0.05) is 13.0 Å². The molecule has 1 N–H and O–H groups in total. The molecular weight excluding hydrogens is 358 g/mol. The summed E-state index contributed by atoms with van der Waals surface area (Å²) in [7, 11) is -3.62. The fourth-order valence-corrected chi connectivity index (χ4v) is 5.19. The van der Waals surface area contributed by atoms with Crippen LogP contribution in [0.15, 0.2) is 41.4 Å². The zero-order chi connectivity index (χ0) is 18.9. The van der Waals surface area contributed by atoms with Crippen LogP contribution in [0, 0.1) is 5.92 Å². The summed E-state index contributed by atoms with van der Waals surface area (Å²) in [4.78, 5) is 6.99. The van der Waals surface area contributed by atoms with Crippen LogP contribution in [0.2, 0.25) is 0 Å². The van der Waals surface area contributed by atoms with Crippen LogP contribution in [0.1, 0.15) is 43.7 Å². The molecule has 0 radical (unpaired) electrons. The van der Waals surface area contributed by atoms with E-state index in [0.29, 0.717) is 16.6 Å². The third kappa shape index (κ3) is 4.10. The molecule has 5 nitrogen and oxygen atoms in total. The predicted molar refractivity (Wildman–Crippen MR) is 109 cm³/mol. The van der Waals surface area contributed by atoms with Crippen molar-refractivity contribution in [1.29, 1.82) is 0 Å². The van der Waals surface area contributed by atoms with E-state index in [-0.39, 0.29) is 0 Å². The monoisotopic (exact) mass is 385 g/mol. The van der Waals surface area contributed by atoms with Crippen LogP contribution in [0.25, 0.3) is 0 Å². The first-order valence-electron chi connectivity index (χ1n) is 9.87. The highest BCUT2D eigenvalue weighted by atomic mass is 32.2. The molecular formula is C21H27N3O2S. The largest absolute Gasteiger partial charge is 0.370 e. The SMILES string of the molecule is CC1CCCN(c2ccc(NS(=O)(=O)c3ccc4c(c3)CCCC4)nc2)C1. The predicted octanol–water partition coefficient (Wildman–Crippen LogP) is 4.00. The van der Waals surface area contributed by atoms with E-state index in [1.54, 1.807) is 18.3 Å². The summed E-state index contributed by atoms with van der Waals surface area (Å²) in [6.07, 6.45) is 8.53. The lowest BCUT2D eigenvalue weighted by Crippen LogP contribution is -2.34. The topological polar surface area (TPSA) is 62.3 Å². The number of aromatic nitrogens is 1. The van der Waals surface area contributed by atoms with Crippen molar-refractivity contribution in [3.63, 3.8) is 0 Å². The van der Waals surface area contributed by atoms with Gasteiger partial charge in [-0.15, -0.1) is 0 Å². The molecule has 2 heterocycles. The average Bonchev–Trinajstić information content (AvgIpc) is 2.68. The molecule has 0 saturated carbocycles. The van der Waals surface area contributed by atoms with Crippen molar-refractivity contribution in [2.75, 3.05) is 22.7 Å². The summed E-state index contributed by atoms with van der Waals surface area (Å²) < 4.78 is 28.1. The van der Waals surface area contributed by atoms with Gasteiger partial charge in [-0.05, 0) is 79.8 Å². The molecule has 1 aliphatic heterocycles. The average molecular weight is 386 g/mol. The Hall–Kier alpha value is -2.08. The molecule has 1 aromatic carbocycles. The third-order valence-electron chi connectivity index (χ3n) is 5.64. The number of piperidine rings is 1. The van der Waals surface area contributed by atoms with Crippen LogP contribution in [0.3, 0.4) is 0 Å². The van der Waals surface area contributed by atoms with Crippen LogP contribution in [0.5, 0.6) is 0 Å². The van der Waals surface area contributed by atoms with Crippen molar-refractivity contribution < 1.29 is 8.42 Å². The Morgan fingerprint density at radius 1 is 1.07 bits per heavy atom. The number of benzene rings is 1. The van der Waals surface area contributed by atoms with E-state index in [4.69, 9.17) is 0 Å². The van der Waals surface area contributed by atoms with Gasteiger partial charge >= 0.3 is 0 Å². The molecule has 6 heteroatoms. The van der Waals surface area contributed by atoms with Gasteiger partial charge in [0.15, 0.2) is 0 Å². The quantitative estimate of drug-likeness (QED) is 0.864. The molecule has 1 aliphatic carbocycles. The summed E-state index contributed by atoms with van der Waals surface area (Å²) in [6, 6.07) is 9.19. The van der Waals surface area contributed by atoms with Crippen molar-refractivity contribution in [2.24, 2.45) is 5.92 Å². The normalized spacial score (nSPS) is 20.2. The van der Waals surface area contributed by atoms with Gasteiger partial charge in [0, 0.05) is 13.1 Å². The van der Waals surface area contributed by atoms with Crippen LogP contribution in [0.4, 0.5) is 11.5 Å². The number of fused-ring (bicyclic) bond motifs is 1. The highest BCUT2D eigenvalue weighted by Crippen LogP contribution is 2.26. The fraction of sp³-hybridized carbons (Fsp3) is 0.476. The van der Waals surface area contributed by atoms with Gasteiger partial charge in [-0.25, -0.2) is 13.4 Å².